The molecule has 1 saturated heterocycles. The molecule has 0 aromatic heterocycles. The Kier molecular flexibility index (Phi) is 4.16. The van der Waals surface area contributed by atoms with Gasteiger partial charge in [-0.25, -0.2) is 8.42 Å². The smallest absolute Gasteiger partial charge is 0.243 e. The van der Waals surface area contributed by atoms with E-state index in [2.05, 4.69) is 22.9 Å². The lowest BCUT2D eigenvalue weighted by Gasteiger charge is -2.25. The number of halogens is 1. The molecule has 21 heavy (non-hydrogen) atoms. The van der Waals surface area contributed by atoms with Crippen LogP contribution in [-0.2, 0) is 10.0 Å². The fourth-order valence-corrected chi connectivity index (χ4v) is 5.75. The van der Waals surface area contributed by atoms with E-state index in [1.807, 2.05) is 0 Å². The fraction of sp³-hybridized carbons (Fsp3) is 0.571. The zero-order valence-corrected chi connectivity index (χ0v) is 14.2. The average Bonchev–Trinajstić information content (AvgIpc) is 2.88. The monoisotopic (exact) mass is 375 g/mol. The highest BCUT2D eigenvalue weighted by Crippen LogP contribution is 2.36. The van der Waals surface area contributed by atoms with E-state index in [-0.39, 0.29) is 10.9 Å². The highest BCUT2D eigenvalue weighted by molar-refractivity contribution is 9.09. The molecule has 0 N–H and O–H groups in total. The van der Waals surface area contributed by atoms with Gasteiger partial charge in [0.15, 0.2) is 11.5 Å². The summed E-state index contributed by atoms with van der Waals surface area (Å²) in [4.78, 5) is 0.270. The minimum Gasteiger partial charge on any atom is -0.486 e. The van der Waals surface area contributed by atoms with Gasteiger partial charge in [0.05, 0.1) is 4.90 Å². The van der Waals surface area contributed by atoms with Crippen molar-refractivity contribution in [1.82, 2.24) is 4.31 Å². The van der Waals surface area contributed by atoms with Crippen LogP contribution in [0.15, 0.2) is 23.1 Å². The van der Waals surface area contributed by atoms with Crippen LogP contribution in [-0.4, -0.2) is 43.9 Å². The van der Waals surface area contributed by atoms with Crippen LogP contribution >= 0.6 is 15.9 Å². The summed E-state index contributed by atoms with van der Waals surface area (Å²) in [7, 11) is -3.50. The second-order valence-electron chi connectivity index (χ2n) is 5.41. The molecule has 0 bridgehead atoms. The van der Waals surface area contributed by atoms with E-state index in [1.54, 1.807) is 22.5 Å². The number of benzene rings is 1. The third-order valence-corrected chi connectivity index (χ3v) is 6.69. The van der Waals surface area contributed by atoms with Crippen LogP contribution in [0.1, 0.15) is 13.3 Å². The molecular formula is C14H18BrNO4S. The number of sulfonamides is 1. The molecular weight excluding hydrogens is 358 g/mol. The van der Waals surface area contributed by atoms with Gasteiger partial charge >= 0.3 is 0 Å². The zero-order valence-electron chi connectivity index (χ0n) is 11.8. The van der Waals surface area contributed by atoms with E-state index in [4.69, 9.17) is 9.47 Å². The van der Waals surface area contributed by atoms with E-state index >= 15 is 0 Å². The number of hydrogen-bond donors (Lipinski definition) is 0. The van der Waals surface area contributed by atoms with Gasteiger partial charge in [0.1, 0.15) is 13.2 Å². The first kappa shape index (κ1) is 15.1. The predicted molar refractivity (Wildman–Crippen MR) is 82.7 cm³/mol. The normalized spacial score (nSPS) is 26.0. The maximum Gasteiger partial charge on any atom is 0.243 e. The first-order valence-electron chi connectivity index (χ1n) is 7.01. The van der Waals surface area contributed by atoms with Crippen LogP contribution in [0.2, 0.25) is 0 Å². The Hall–Kier alpha value is -0.790. The third-order valence-electron chi connectivity index (χ3n) is 4.11. The molecule has 3 rings (SSSR count). The third kappa shape index (κ3) is 2.66. The summed E-state index contributed by atoms with van der Waals surface area (Å²) in [5.74, 6) is 1.47. The molecule has 116 valence electrons. The molecule has 1 aromatic carbocycles. The molecule has 0 aliphatic carbocycles. The summed E-state index contributed by atoms with van der Waals surface area (Å²) < 4.78 is 38.2. The minimum absolute atomic E-state index is 0.00296. The van der Waals surface area contributed by atoms with E-state index < -0.39 is 10.0 Å². The second-order valence-corrected chi connectivity index (χ2v) is 7.95. The van der Waals surface area contributed by atoms with Crippen molar-refractivity contribution < 1.29 is 17.9 Å². The quantitative estimate of drug-likeness (QED) is 0.760. The van der Waals surface area contributed by atoms with Crippen molar-refractivity contribution >= 4 is 26.0 Å². The Morgan fingerprint density at radius 1 is 1.29 bits per heavy atom. The highest BCUT2D eigenvalue weighted by Gasteiger charge is 2.39. The second kappa shape index (κ2) is 5.78. The minimum atomic E-state index is -3.50. The van der Waals surface area contributed by atoms with Gasteiger partial charge in [0, 0.05) is 24.0 Å². The molecule has 0 amide bonds. The molecule has 1 aromatic rings. The van der Waals surface area contributed by atoms with Gasteiger partial charge in [-0.1, -0.05) is 22.9 Å². The maximum absolute atomic E-state index is 12.8. The topological polar surface area (TPSA) is 55.8 Å². The van der Waals surface area contributed by atoms with E-state index in [0.717, 1.165) is 6.42 Å². The number of fused-ring (bicyclic) bond motifs is 1. The Bertz CT molecular complexity index is 634. The molecule has 0 spiro atoms. The molecule has 0 radical (unpaired) electrons. The Labute approximate surface area is 133 Å². The van der Waals surface area contributed by atoms with Crippen LogP contribution in [0.5, 0.6) is 11.5 Å². The van der Waals surface area contributed by atoms with Crippen molar-refractivity contribution in [2.75, 3.05) is 25.1 Å². The van der Waals surface area contributed by atoms with Crippen molar-refractivity contribution in [1.29, 1.82) is 0 Å². The number of nitrogens with zero attached hydrogens (tertiary/aromatic N) is 1. The zero-order chi connectivity index (χ0) is 15.0. The van der Waals surface area contributed by atoms with Gasteiger partial charge < -0.3 is 9.47 Å². The number of alkyl halides is 1. The van der Waals surface area contributed by atoms with Gasteiger partial charge in [-0.2, -0.15) is 4.31 Å². The number of rotatable bonds is 3. The number of ether oxygens (including phenoxy) is 2. The molecule has 2 unspecified atom stereocenters. The summed E-state index contributed by atoms with van der Waals surface area (Å²) in [6.45, 7) is 3.59. The lowest BCUT2D eigenvalue weighted by atomic mass is 10.1. The molecule has 2 aliphatic heterocycles. The summed E-state index contributed by atoms with van der Waals surface area (Å²) in [6, 6.07) is 4.84. The van der Waals surface area contributed by atoms with Crippen LogP contribution in [0.25, 0.3) is 0 Å². The SMILES string of the molecule is CC1CCN(S(=O)(=O)c2ccc3c(c2)OCCO3)C1CBr. The largest absolute Gasteiger partial charge is 0.486 e. The molecule has 1 fully saturated rings. The van der Waals surface area contributed by atoms with E-state index in [0.29, 0.717) is 42.5 Å². The molecule has 5 nitrogen and oxygen atoms in total. The van der Waals surface area contributed by atoms with E-state index in [9.17, 15) is 8.42 Å². The molecule has 2 aliphatic rings. The first-order valence-corrected chi connectivity index (χ1v) is 9.57. The van der Waals surface area contributed by atoms with Crippen LogP contribution in [0.4, 0.5) is 0 Å². The molecule has 0 saturated carbocycles. The van der Waals surface area contributed by atoms with Crippen LogP contribution in [0.3, 0.4) is 0 Å². The summed E-state index contributed by atoms with van der Waals surface area (Å²) >= 11 is 3.43. The highest BCUT2D eigenvalue weighted by atomic mass is 79.9. The number of hydrogen-bond acceptors (Lipinski definition) is 4. The van der Waals surface area contributed by atoms with Crippen molar-refractivity contribution in [3.63, 3.8) is 0 Å². The first-order chi connectivity index (χ1) is 10.0. The summed E-state index contributed by atoms with van der Waals surface area (Å²) in [5.41, 5.74) is 0. The lowest BCUT2D eigenvalue weighted by molar-refractivity contribution is 0.171. The van der Waals surface area contributed by atoms with Crippen molar-refractivity contribution in [3.05, 3.63) is 18.2 Å². The summed E-state index contributed by atoms with van der Waals surface area (Å²) in [5, 5.41) is 0.651. The van der Waals surface area contributed by atoms with Crippen molar-refractivity contribution in [2.45, 2.75) is 24.3 Å². The van der Waals surface area contributed by atoms with Gasteiger partial charge in [-0.15, -0.1) is 0 Å². The molecule has 2 atom stereocenters. The van der Waals surface area contributed by atoms with E-state index in [1.165, 1.54) is 0 Å². The maximum atomic E-state index is 12.8. The Morgan fingerprint density at radius 2 is 2.00 bits per heavy atom. The van der Waals surface area contributed by atoms with Gasteiger partial charge in [0.25, 0.3) is 0 Å². The summed E-state index contributed by atoms with van der Waals surface area (Å²) in [6.07, 6.45) is 0.889. The van der Waals surface area contributed by atoms with Crippen molar-refractivity contribution in [2.24, 2.45) is 5.92 Å². The lowest BCUT2D eigenvalue weighted by Crippen LogP contribution is -2.38. The van der Waals surface area contributed by atoms with Gasteiger partial charge in [0.2, 0.25) is 10.0 Å². The molecule has 7 heteroatoms. The van der Waals surface area contributed by atoms with Crippen LogP contribution < -0.4 is 9.47 Å². The van der Waals surface area contributed by atoms with Crippen LogP contribution in [0, 0.1) is 5.92 Å². The van der Waals surface area contributed by atoms with Gasteiger partial charge in [-0.3, -0.25) is 0 Å². The standard InChI is InChI=1S/C14H18BrNO4S/c1-10-4-5-16(12(10)9-15)21(17,18)11-2-3-13-14(8-11)20-7-6-19-13/h2-3,8,10,12H,4-7,9H2,1H3. The van der Waals surface area contributed by atoms with Crippen molar-refractivity contribution in [3.8, 4) is 11.5 Å². The average molecular weight is 376 g/mol. The molecule has 2 heterocycles. The Morgan fingerprint density at radius 3 is 2.71 bits per heavy atom. The predicted octanol–water partition coefficient (Wildman–Crippen LogP) is 2.25. The fourth-order valence-electron chi connectivity index (χ4n) is 2.82. The Balaban J connectivity index is 1.95. The van der Waals surface area contributed by atoms with Gasteiger partial charge in [-0.05, 0) is 24.5 Å².